The summed E-state index contributed by atoms with van der Waals surface area (Å²) >= 11 is 0. The van der Waals surface area contributed by atoms with Gasteiger partial charge in [-0.1, -0.05) is 18.2 Å². The van der Waals surface area contributed by atoms with Crippen molar-refractivity contribution in [1.82, 2.24) is 0 Å². The molecule has 2 rings (SSSR count). The lowest BCUT2D eigenvalue weighted by Gasteiger charge is -2.12. The first kappa shape index (κ1) is 23.5. The molecule has 0 spiro atoms. The molecule has 0 aromatic heterocycles. The summed E-state index contributed by atoms with van der Waals surface area (Å²) in [4.78, 5) is 24.1. The molecule has 0 radical (unpaired) electrons. The summed E-state index contributed by atoms with van der Waals surface area (Å²) in [6.45, 7) is 7.74. The Kier molecular flexibility index (Phi) is 8.64. The van der Waals surface area contributed by atoms with E-state index in [1.165, 1.54) is 6.08 Å². The molecule has 31 heavy (non-hydrogen) atoms. The molecule has 0 aliphatic carbocycles. The van der Waals surface area contributed by atoms with Crippen LogP contribution in [0, 0.1) is 25.2 Å². The van der Waals surface area contributed by atoms with Gasteiger partial charge in [0, 0.05) is 5.69 Å². The van der Waals surface area contributed by atoms with Crippen molar-refractivity contribution >= 4 is 23.6 Å². The molecule has 0 fully saturated rings. The summed E-state index contributed by atoms with van der Waals surface area (Å²) < 4.78 is 15.9. The van der Waals surface area contributed by atoms with Crippen molar-refractivity contribution in [3.8, 4) is 17.6 Å². The Morgan fingerprint density at radius 1 is 1.03 bits per heavy atom. The summed E-state index contributed by atoms with van der Waals surface area (Å²) in [7, 11) is 0. The molecule has 0 aliphatic rings. The maximum atomic E-state index is 12.6. The number of amides is 1. The molecule has 2 aromatic carbocycles. The first-order chi connectivity index (χ1) is 14.9. The maximum Gasteiger partial charge on any atom is 0.344 e. The first-order valence-corrected chi connectivity index (χ1v) is 9.93. The standard InChI is InChI=1S/C24H26N2O5/c1-5-29-22-13-18(9-10-21(22)31-15-23(27)30-6-2)12-19(14-25)24(28)26-20-11-16(3)7-8-17(20)4/h7-13H,5-6,15H2,1-4H3,(H,26,28)/b19-12+. The van der Waals surface area contributed by atoms with Crippen molar-refractivity contribution in [1.29, 1.82) is 5.26 Å². The zero-order valence-electron chi connectivity index (χ0n) is 18.2. The fraction of sp³-hybridized carbons (Fsp3) is 0.292. The number of anilines is 1. The van der Waals surface area contributed by atoms with E-state index in [0.717, 1.165) is 11.1 Å². The van der Waals surface area contributed by atoms with E-state index in [1.807, 2.05) is 45.0 Å². The van der Waals surface area contributed by atoms with E-state index in [2.05, 4.69) is 5.32 Å². The Hall–Kier alpha value is -3.79. The second kappa shape index (κ2) is 11.4. The predicted octanol–water partition coefficient (Wildman–Crippen LogP) is 4.19. The van der Waals surface area contributed by atoms with Gasteiger partial charge < -0.3 is 19.5 Å². The lowest BCUT2D eigenvalue weighted by molar-refractivity contribution is -0.145. The van der Waals surface area contributed by atoms with Crippen LogP contribution in [0.2, 0.25) is 0 Å². The minimum Gasteiger partial charge on any atom is -0.490 e. The number of ether oxygens (including phenoxy) is 3. The number of hydrogen-bond donors (Lipinski definition) is 1. The summed E-state index contributed by atoms with van der Waals surface area (Å²) in [5.74, 6) is -0.223. The largest absolute Gasteiger partial charge is 0.490 e. The third kappa shape index (κ3) is 6.89. The number of carbonyl (C=O) groups excluding carboxylic acids is 2. The normalized spacial score (nSPS) is 10.7. The van der Waals surface area contributed by atoms with Crippen LogP contribution in [-0.4, -0.2) is 31.7 Å². The quantitative estimate of drug-likeness (QED) is 0.370. The van der Waals surface area contributed by atoms with Crippen LogP contribution in [0.3, 0.4) is 0 Å². The van der Waals surface area contributed by atoms with Gasteiger partial charge in [-0.05, 0) is 68.7 Å². The summed E-state index contributed by atoms with van der Waals surface area (Å²) in [5, 5.41) is 12.3. The average Bonchev–Trinajstić information content (AvgIpc) is 2.74. The number of esters is 1. The van der Waals surface area contributed by atoms with Crippen molar-refractivity contribution in [2.24, 2.45) is 0 Å². The second-order valence-electron chi connectivity index (χ2n) is 6.68. The van der Waals surface area contributed by atoms with E-state index in [-0.39, 0.29) is 18.8 Å². The molecular weight excluding hydrogens is 396 g/mol. The molecule has 0 saturated carbocycles. The molecule has 162 valence electrons. The SMILES string of the molecule is CCOC(=O)COc1ccc(/C=C(\C#N)C(=O)Nc2cc(C)ccc2C)cc1OCC. The third-order valence-electron chi connectivity index (χ3n) is 4.24. The van der Waals surface area contributed by atoms with Crippen LogP contribution in [0.25, 0.3) is 6.08 Å². The van der Waals surface area contributed by atoms with Crippen molar-refractivity contribution in [3.05, 3.63) is 58.7 Å². The number of nitrogens with zero attached hydrogens (tertiary/aromatic N) is 1. The number of hydrogen-bond acceptors (Lipinski definition) is 6. The number of rotatable bonds is 9. The Bertz CT molecular complexity index is 1020. The highest BCUT2D eigenvalue weighted by Crippen LogP contribution is 2.29. The number of nitriles is 1. The Labute approximate surface area is 182 Å². The Balaban J connectivity index is 2.23. The van der Waals surface area contributed by atoms with E-state index >= 15 is 0 Å². The van der Waals surface area contributed by atoms with Crippen molar-refractivity contribution in [3.63, 3.8) is 0 Å². The molecule has 7 nitrogen and oxygen atoms in total. The smallest absolute Gasteiger partial charge is 0.344 e. The topological polar surface area (TPSA) is 97.7 Å². The minimum absolute atomic E-state index is 0.0523. The van der Waals surface area contributed by atoms with Gasteiger partial charge >= 0.3 is 5.97 Å². The first-order valence-electron chi connectivity index (χ1n) is 9.93. The number of benzene rings is 2. The highest BCUT2D eigenvalue weighted by Gasteiger charge is 2.13. The highest BCUT2D eigenvalue weighted by atomic mass is 16.6. The van der Waals surface area contributed by atoms with Crippen molar-refractivity contribution in [2.75, 3.05) is 25.1 Å². The molecule has 7 heteroatoms. The van der Waals surface area contributed by atoms with Gasteiger partial charge in [0.1, 0.15) is 11.6 Å². The van der Waals surface area contributed by atoms with Gasteiger partial charge in [-0.3, -0.25) is 4.79 Å². The molecular formula is C24H26N2O5. The van der Waals surface area contributed by atoms with Crippen molar-refractivity contribution in [2.45, 2.75) is 27.7 Å². The summed E-state index contributed by atoms with van der Waals surface area (Å²) in [5.41, 5.74) is 3.09. The minimum atomic E-state index is -0.503. The van der Waals surface area contributed by atoms with Gasteiger partial charge in [-0.25, -0.2) is 4.79 Å². The zero-order chi connectivity index (χ0) is 22.8. The van der Waals surface area contributed by atoms with E-state index in [4.69, 9.17) is 14.2 Å². The maximum absolute atomic E-state index is 12.6. The van der Waals surface area contributed by atoms with Crippen LogP contribution in [0.15, 0.2) is 42.0 Å². The molecule has 1 N–H and O–H groups in total. The molecule has 0 heterocycles. The lowest BCUT2D eigenvalue weighted by atomic mass is 10.1. The van der Waals surface area contributed by atoms with E-state index < -0.39 is 11.9 Å². The number of carbonyl (C=O) groups is 2. The molecule has 0 atom stereocenters. The summed E-state index contributed by atoms with van der Waals surface area (Å²) in [6.07, 6.45) is 1.47. The van der Waals surface area contributed by atoms with Gasteiger partial charge in [0.15, 0.2) is 18.1 Å². The molecule has 0 saturated heterocycles. The van der Waals surface area contributed by atoms with Gasteiger partial charge in [0.25, 0.3) is 5.91 Å². The Morgan fingerprint density at radius 3 is 2.48 bits per heavy atom. The van der Waals surface area contributed by atoms with E-state index in [9.17, 15) is 14.9 Å². The van der Waals surface area contributed by atoms with Gasteiger partial charge in [0.2, 0.25) is 0 Å². The molecule has 1 amide bonds. The van der Waals surface area contributed by atoms with Crippen molar-refractivity contribution < 1.29 is 23.8 Å². The summed E-state index contributed by atoms with van der Waals surface area (Å²) in [6, 6.07) is 12.6. The van der Waals surface area contributed by atoms with Crippen LogP contribution >= 0.6 is 0 Å². The fourth-order valence-electron chi connectivity index (χ4n) is 2.72. The van der Waals surface area contributed by atoms with Crippen LogP contribution in [0.5, 0.6) is 11.5 Å². The monoisotopic (exact) mass is 422 g/mol. The van der Waals surface area contributed by atoms with Gasteiger partial charge in [-0.15, -0.1) is 0 Å². The van der Waals surface area contributed by atoms with Gasteiger partial charge in [0.05, 0.1) is 13.2 Å². The second-order valence-corrected chi connectivity index (χ2v) is 6.68. The van der Waals surface area contributed by atoms with E-state index in [0.29, 0.717) is 29.4 Å². The number of aryl methyl sites for hydroxylation is 2. The Morgan fingerprint density at radius 2 is 1.81 bits per heavy atom. The average molecular weight is 422 g/mol. The zero-order valence-corrected chi connectivity index (χ0v) is 18.2. The van der Waals surface area contributed by atoms with Gasteiger partial charge in [-0.2, -0.15) is 5.26 Å². The van der Waals surface area contributed by atoms with Crippen LogP contribution < -0.4 is 14.8 Å². The third-order valence-corrected chi connectivity index (χ3v) is 4.24. The lowest BCUT2D eigenvalue weighted by Crippen LogP contribution is -2.15. The molecule has 0 unspecified atom stereocenters. The number of nitrogens with one attached hydrogen (secondary N) is 1. The van der Waals surface area contributed by atoms with Crippen LogP contribution in [0.1, 0.15) is 30.5 Å². The molecule has 0 bridgehead atoms. The van der Waals surface area contributed by atoms with Crippen LogP contribution in [-0.2, 0) is 14.3 Å². The highest BCUT2D eigenvalue weighted by molar-refractivity contribution is 6.10. The van der Waals surface area contributed by atoms with E-state index in [1.54, 1.807) is 25.1 Å². The van der Waals surface area contributed by atoms with Crippen LogP contribution in [0.4, 0.5) is 5.69 Å². The fourth-order valence-corrected chi connectivity index (χ4v) is 2.72. The predicted molar refractivity (Wildman–Crippen MR) is 118 cm³/mol. The molecule has 0 aliphatic heterocycles. The molecule has 2 aromatic rings.